The maximum Gasteiger partial charge on any atom is 0.328 e. The highest BCUT2D eigenvalue weighted by Crippen LogP contribution is 2.31. The number of ether oxygens (including phenoxy) is 1. The molecule has 1 N–H and O–H groups in total. The molecular formula is C23H26N2O4. The van der Waals surface area contributed by atoms with Crippen molar-refractivity contribution >= 4 is 17.8 Å². The highest BCUT2D eigenvalue weighted by atomic mass is 16.5. The Morgan fingerprint density at radius 2 is 1.72 bits per heavy atom. The van der Waals surface area contributed by atoms with Gasteiger partial charge < -0.3 is 15.0 Å². The summed E-state index contributed by atoms with van der Waals surface area (Å²) in [5.74, 6) is -0.890. The molecule has 6 heteroatoms. The van der Waals surface area contributed by atoms with Gasteiger partial charge in [0.15, 0.2) is 0 Å². The molecule has 2 atom stereocenters. The summed E-state index contributed by atoms with van der Waals surface area (Å²) in [4.78, 5) is 40.1. The number of rotatable bonds is 7. The number of benzene rings is 2. The van der Waals surface area contributed by atoms with Gasteiger partial charge in [0.1, 0.15) is 12.1 Å². The van der Waals surface area contributed by atoms with Crippen molar-refractivity contribution in [2.45, 2.75) is 38.9 Å². The van der Waals surface area contributed by atoms with Crippen LogP contribution in [0.4, 0.5) is 0 Å². The number of hydrogen-bond donors (Lipinski definition) is 1. The van der Waals surface area contributed by atoms with Crippen molar-refractivity contribution < 1.29 is 19.1 Å². The lowest BCUT2D eigenvalue weighted by molar-refractivity contribution is -0.146. The van der Waals surface area contributed by atoms with E-state index < -0.39 is 24.0 Å². The van der Waals surface area contributed by atoms with Gasteiger partial charge in [0.2, 0.25) is 5.91 Å². The number of amides is 2. The normalized spacial score (nSPS) is 15.0. The monoisotopic (exact) mass is 394 g/mol. The Morgan fingerprint density at radius 3 is 2.34 bits per heavy atom. The fraction of sp³-hybridized carbons (Fsp3) is 0.348. The topological polar surface area (TPSA) is 75.7 Å². The smallest absolute Gasteiger partial charge is 0.328 e. The van der Waals surface area contributed by atoms with E-state index in [0.717, 1.165) is 5.56 Å². The van der Waals surface area contributed by atoms with Crippen molar-refractivity contribution in [3.05, 3.63) is 71.3 Å². The summed E-state index contributed by atoms with van der Waals surface area (Å²) in [7, 11) is 1.30. The fourth-order valence-electron chi connectivity index (χ4n) is 3.67. The van der Waals surface area contributed by atoms with Crippen LogP contribution in [0.1, 0.15) is 47.8 Å². The zero-order valence-corrected chi connectivity index (χ0v) is 16.9. The second-order valence-corrected chi connectivity index (χ2v) is 7.62. The molecule has 0 radical (unpaired) electrons. The maximum atomic E-state index is 13.3. The number of carbonyl (C=O) groups is 3. The van der Waals surface area contributed by atoms with Crippen LogP contribution < -0.4 is 5.32 Å². The molecule has 0 fully saturated rings. The minimum Gasteiger partial charge on any atom is -0.467 e. The zero-order valence-electron chi connectivity index (χ0n) is 16.9. The molecule has 0 spiro atoms. The number of fused-ring (bicyclic) bond motifs is 1. The third-order valence-corrected chi connectivity index (χ3v) is 5.03. The molecule has 29 heavy (non-hydrogen) atoms. The molecule has 1 aliphatic rings. The summed E-state index contributed by atoms with van der Waals surface area (Å²) in [6.45, 7) is 4.28. The molecule has 0 aromatic heterocycles. The van der Waals surface area contributed by atoms with Crippen LogP contribution >= 0.6 is 0 Å². The first kappa shape index (κ1) is 20.6. The van der Waals surface area contributed by atoms with Crippen molar-refractivity contribution in [3.63, 3.8) is 0 Å². The van der Waals surface area contributed by atoms with Gasteiger partial charge >= 0.3 is 5.97 Å². The van der Waals surface area contributed by atoms with Crippen LogP contribution in [-0.2, 0) is 20.9 Å². The van der Waals surface area contributed by atoms with E-state index in [1.165, 1.54) is 7.11 Å². The van der Waals surface area contributed by atoms with Gasteiger partial charge in [-0.2, -0.15) is 0 Å². The lowest BCUT2D eigenvalue weighted by atomic mass is 10.0. The summed E-state index contributed by atoms with van der Waals surface area (Å²) >= 11 is 0. The first-order chi connectivity index (χ1) is 13.9. The van der Waals surface area contributed by atoms with Crippen LogP contribution in [0.15, 0.2) is 54.6 Å². The van der Waals surface area contributed by atoms with E-state index >= 15 is 0 Å². The number of hydrogen-bond acceptors (Lipinski definition) is 4. The van der Waals surface area contributed by atoms with E-state index in [0.29, 0.717) is 24.1 Å². The minimum absolute atomic E-state index is 0.187. The molecule has 1 heterocycles. The van der Waals surface area contributed by atoms with E-state index in [1.807, 2.05) is 62.4 Å². The summed E-state index contributed by atoms with van der Waals surface area (Å²) in [5, 5.41) is 2.81. The van der Waals surface area contributed by atoms with Crippen molar-refractivity contribution in [1.82, 2.24) is 10.2 Å². The van der Waals surface area contributed by atoms with E-state index in [9.17, 15) is 14.4 Å². The lowest BCUT2D eigenvalue weighted by Gasteiger charge is -2.29. The molecule has 1 aliphatic heterocycles. The molecule has 0 saturated carbocycles. The maximum absolute atomic E-state index is 13.3. The standard InChI is InChI=1S/C23H26N2O4/c1-15(2)13-19(23(28)29-3)24-21(26)20(16-9-5-4-6-10-16)25-14-17-11-7-8-12-18(17)22(25)27/h4-12,15,19-20H,13-14H2,1-3H3,(H,24,26)/t19-,20+/m1/s1. The third-order valence-electron chi connectivity index (χ3n) is 5.03. The Labute approximate surface area is 170 Å². The van der Waals surface area contributed by atoms with Gasteiger partial charge in [0.05, 0.1) is 7.11 Å². The largest absolute Gasteiger partial charge is 0.467 e. The van der Waals surface area contributed by atoms with Gasteiger partial charge in [-0.1, -0.05) is 62.4 Å². The van der Waals surface area contributed by atoms with Gasteiger partial charge in [-0.05, 0) is 29.5 Å². The molecule has 2 amide bonds. The Bertz CT molecular complexity index is 895. The van der Waals surface area contributed by atoms with Crippen molar-refractivity contribution in [2.24, 2.45) is 5.92 Å². The van der Waals surface area contributed by atoms with Crippen LogP contribution in [0, 0.1) is 5.92 Å². The number of nitrogens with one attached hydrogen (secondary N) is 1. The predicted molar refractivity (Wildman–Crippen MR) is 109 cm³/mol. The lowest BCUT2D eigenvalue weighted by Crippen LogP contribution is -2.48. The Hall–Kier alpha value is -3.15. The van der Waals surface area contributed by atoms with Crippen LogP contribution in [0.5, 0.6) is 0 Å². The van der Waals surface area contributed by atoms with Crippen molar-refractivity contribution in [3.8, 4) is 0 Å². The average Bonchev–Trinajstić information content (AvgIpc) is 3.04. The second kappa shape index (κ2) is 8.90. The second-order valence-electron chi connectivity index (χ2n) is 7.62. The third kappa shape index (κ3) is 4.47. The number of nitrogens with zero attached hydrogens (tertiary/aromatic N) is 1. The van der Waals surface area contributed by atoms with E-state index in [4.69, 9.17) is 4.74 Å². The molecule has 6 nitrogen and oxygen atoms in total. The van der Waals surface area contributed by atoms with Crippen molar-refractivity contribution in [1.29, 1.82) is 0 Å². The molecule has 152 valence electrons. The van der Waals surface area contributed by atoms with Crippen LogP contribution in [0.3, 0.4) is 0 Å². The van der Waals surface area contributed by atoms with E-state index in [2.05, 4.69) is 5.32 Å². The molecule has 2 aromatic carbocycles. The van der Waals surface area contributed by atoms with Gasteiger partial charge in [0.25, 0.3) is 5.91 Å². The SMILES string of the molecule is COC(=O)[C@@H](CC(C)C)NC(=O)[C@H](c1ccccc1)N1Cc2ccccc2C1=O. The summed E-state index contributed by atoms with van der Waals surface area (Å²) < 4.78 is 4.86. The first-order valence-electron chi connectivity index (χ1n) is 9.74. The zero-order chi connectivity index (χ0) is 21.0. The van der Waals surface area contributed by atoms with Gasteiger partial charge in [-0.3, -0.25) is 9.59 Å². The number of methoxy groups -OCH3 is 1. The van der Waals surface area contributed by atoms with E-state index in [-0.39, 0.29) is 11.8 Å². The molecule has 0 aliphatic carbocycles. The van der Waals surface area contributed by atoms with Crippen LogP contribution in [0.25, 0.3) is 0 Å². The summed E-state index contributed by atoms with van der Waals surface area (Å²) in [5.41, 5.74) is 2.19. The predicted octanol–water partition coefficient (Wildman–Crippen LogP) is 3.09. The Morgan fingerprint density at radius 1 is 1.07 bits per heavy atom. The minimum atomic E-state index is -0.838. The molecular weight excluding hydrogens is 368 g/mol. The van der Waals surface area contributed by atoms with Gasteiger partial charge in [-0.25, -0.2) is 4.79 Å². The number of esters is 1. The molecule has 2 aromatic rings. The van der Waals surface area contributed by atoms with Crippen LogP contribution in [-0.4, -0.2) is 35.8 Å². The summed E-state index contributed by atoms with van der Waals surface area (Å²) in [6, 6.07) is 14.9. The van der Waals surface area contributed by atoms with Gasteiger partial charge in [-0.15, -0.1) is 0 Å². The molecule has 0 bridgehead atoms. The molecule has 0 unspecified atom stereocenters. The summed E-state index contributed by atoms with van der Waals surface area (Å²) in [6.07, 6.45) is 0.452. The Balaban J connectivity index is 1.92. The highest BCUT2D eigenvalue weighted by Gasteiger charge is 2.38. The quantitative estimate of drug-likeness (QED) is 0.733. The molecule has 3 rings (SSSR count). The average molecular weight is 394 g/mol. The van der Waals surface area contributed by atoms with Gasteiger partial charge in [0, 0.05) is 12.1 Å². The Kier molecular flexibility index (Phi) is 6.32. The fourth-order valence-corrected chi connectivity index (χ4v) is 3.67. The van der Waals surface area contributed by atoms with Crippen molar-refractivity contribution in [2.75, 3.05) is 7.11 Å². The van der Waals surface area contributed by atoms with E-state index in [1.54, 1.807) is 11.0 Å². The molecule has 0 saturated heterocycles. The number of carbonyl (C=O) groups excluding carboxylic acids is 3. The first-order valence-corrected chi connectivity index (χ1v) is 9.74. The highest BCUT2D eigenvalue weighted by molar-refractivity contribution is 6.01. The van der Waals surface area contributed by atoms with Crippen LogP contribution in [0.2, 0.25) is 0 Å².